The molecule has 2 heterocycles. The highest BCUT2D eigenvalue weighted by atomic mass is 32.2. The van der Waals surface area contributed by atoms with Crippen LogP contribution in [0.25, 0.3) is 6.08 Å². The zero-order valence-corrected chi connectivity index (χ0v) is 29.3. The van der Waals surface area contributed by atoms with Crippen LogP contribution in [0.4, 0.5) is 5.69 Å². The topological polar surface area (TPSA) is 137 Å². The van der Waals surface area contributed by atoms with Crippen molar-refractivity contribution >= 4 is 45.7 Å². The molecule has 46 heavy (non-hydrogen) atoms. The maximum absolute atomic E-state index is 13.1. The fourth-order valence-electron chi connectivity index (χ4n) is 4.57. The molecule has 1 aromatic carbocycles. The van der Waals surface area contributed by atoms with E-state index in [4.69, 9.17) is 16.8 Å². The number of benzene rings is 1. The van der Waals surface area contributed by atoms with Gasteiger partial charge in [-0.2, -0.15) is 18.5 Å². The summed E-state index contributed by atoms with van der Waals surface area (Å²) < 4.78 is 35.1. The van der Waals surface area contributed by atoms with Crippen molar-refractivity contribution in [2.45, 2.75) is 85.2 Å². The highest BCUT2D eigenvalue weighted by molar-refractivity contribution is 7.85. The van der Waals surface area contributed by atoms with Crippen LogP contribution in [-0.2, 0) is 28.0 Å². The first kappa shape index (κ1) is 38.5. The lowest BCUT2D eigenvalue weighted by molar-refractivity contribution is -0.114. The Kier molecular flexibility index (Phi) is 15.5. The van der Waals surface area contributed by atoms with Gasteiger partial charge in [0.15, 0.2) is 4.77 Å². The Labute approximate surface area is 277 Å². The molecule has 0 fully saturated rings. The third-order valence-corrected chi connectivity index (χ3v) is 8.74. The number of allylic oxidation sites excluding steroid dienone is 4. The highest BCUT2D eigenvalue weighted by Crippen LogP contribution is 2.25. The molecule has 3 rings (SSSR count). The molecule has 11 nitrogen and oxygen atoms in total. The predicted molar refractivity (Wildman–Crippen MR) is 188 cm³/mol. The van der Waals surface area contributed by atoms with Gasteiger partial charge in [0.2, 0.25) is 5.88 Å². The van der Waals surface area contributed by atoms with Gasteiger partial charge in [0, 0.05) is 13.1 Å². The van der Waals surface area contributed by atoms with Crippen molar-refractivity contribution in [2.75, 3.05) is 24.6 Å². The van der Waals surface area contributed by atoms with Gasteiger partial charge >= 0.3 is 0 Å². The van der Waals surface area contributed by atoms with Crippen molar-refractivity contribution < 1.29 is 22.9 Å². The van der Waals surface area contributed by atoms with E-state index >= 15 is 0 Å². The van der Waals surface area contributed by atoms with Gasteiger partial charge in [0.1, 0.15) is 5.56 Å². The number of rotatable bonds is 14. The average molecular weight is 674 g/mol. The van der Waals surface area contributed by atoms with Crippen LogP contribution in [0.15, 0.2) is 68.9 Å². The van der Waals surface area contributed by atoms with Gasteiger partial charge in [-0.05, 0) is 88.0 Å². The van der Waals surface area contributed by atoms with E-state index in [0.717, 1.165) is 30.7 Å². The lowest BCUT2D eigenvalue weighted by Crippen LogP contribution is -2.27. The zero-order chi connectivity index (χ0) is 34.4. The van der Waals surface area contributed by atoms with E-state index in [0.29, 0.717) is 34.8 Å². The number of amides is 1. The van der Waals surface area contributed by atoms with Crippen LogP contribution >= 0.6 is 12.2 Å². The van der Waals surface area contributed by atoms with E-state index in [1.165, 1.54) is 54.5 Å². The summed E-state index contributed by atoms with van der Waals surface area (Å²) in [5.41, 5.74) is 0.919. The largest absolute Gasteiger partial charge is 0.494 e. The van der Waals surface area contributed by atoms with Crippen molar-refractivity contribution in [2.24, 2.45) is 5.10 Å². The Bertz CT molecular complexity index is 1680. The number of carbonyl (C=O) groups is 1. The fraction of sp³-hybridized carbons (Fsp3) is 0.455. The molecule has 1 aliphatic heterocycles. The van der Waals surface area contributed by atoms with Crippen LogP contribution in [0.1, 0.15) is 72.8 Å². The first-order valence-electron chi connectivity index (χ1n) is 15.7. The molecule has 0 saturated carbocycles. The van der Waals surface area contributed by atoms with Crippen molar-refractivity contribution in [3.05, 3.63) is 74.8 Å². The highest BCUT2D eigenvalue weighted by Gasteiger charge is 2.28. The first-order chi connectivity index (χ1) is 21.9. The summed E-state index contributed by atoms with van der Waals surface area (Å²) in [7, 11) is -4.35. The first-order valence-corrected chi connectivity index (χ1v) is 17.5. The van der Waals surface area contributed by atoms with Crippen molar-refractivity contribution in [1.29, 1.82) is 0 Å². The second-order valence-electron chi connectivity index (χ2n) is 10.6. The number of nitrogens with zero attached hydrogens (tertiary/aromatic N) is 5. The van der Waals surface area contributed by atoms with E-state index in [2.05, 4.69) is 30.8 Å². The molecule has 13 heteroatoms. The fourth-order valence-corrected chi connectivity index (χ4v) is 5.40. The van der Waals surface area contributed by atoms with Gasteiger partial charge in [0.05, 0.1) is 21.9 Å². The minimum absolute atomic E-state index is 0.141. The summed E-state index contributed by atoms with van der Waals surface area (Å²) in [5.74, 6) is -0.575. The van der Waals surface area contributed by atoms with Crippen molar-refractivity contribution in [1.82, 2.24) is 14.0 Å². The molecule has 0 radical (unpaired) electrons. The molecule has 0 bridgehead atoms. The van der Waals surface area contributed by atoms with Crippen LogP contribution in [0.3, 0.4) is 0 Å². The van der Waals surface area contributed by atoms with Crippen molar-refractivity contribution in [3.63, 3.8) is 0 Å². The normalized spacial score (nSPS) is 14.5. The maximum atomic E-state index is 13.1. The number of hydrogen-bond donors (Lipinski definition) is 2. The molecule has 1 amide bonds. The quantitative estimate of drug-likeness (QED) is 0.105. The van der Waals surface area contributed by atoms with Gasteiger partial charge in [-0.15, -0.1) is 0 Å². The van der Waals surface area contributed by atoms with E-state index in [-0.39, 0.29) is 21.9 Å². The molecule has 0 unspecified atom stereocenters. The van der Waals surface area contributed by atoms with Gasteiger partial charge in [0.25, 0.3) is 21.6 Å². The Morgan fingerprint density at radius 3 is 1.96 bits per heavy atom. The number of anilines is 1. The molecule has 0 spiro atoms. The molecule has 1 aromatic heterocycles. The Morgan fingerprint density at radius 1 is 0.891 bits per heavy atom. The Hall–Kier alpha value is -3.65. The molecule has 2 aromatic rings. The second-order valence-corrected chi connectivity index (χ2v) is 12.3. The molecule has 0 aliphatic carbocycles. The number of hydrazone groups is 1. The van der Waals surface area contributed by atoms with Gasteiger partial charge in [-0.3, -0.25) is 23.3 Å². The van der Waals surface area contributed by atoms with Crippen LogP contribution < -0.4 is 10.6 Å². The van der Waals surface area contributed by atoms with Gasteiger partial charge < -0.3 is 10.0 Å². The van der Waals surface area contributed by atoms with Crippen LogP contribution in [-0.4, -0.2) is 63.4 Å². The Morgan fingerprint density at radius 2 is 1.46 bits per heavy atom. The molecule has 0 atom stereocenters. The van der Waals surface area contributed by atoms with Crippen LogP contribution in [0.5, 0.6) is 5.88 Å². The summed E-state index contributed by atoms with van der Waals surface area (Å²) in [6.07, 6.45) is 11.3. The summed E-state index contributed by atoms with van der Waals surface area (Å²) in [5, 5.41) is 16.2. The number of aromatic hydroxyl groups is 1. The van der Waals surface area contributed by atoms with Crippen molar-refractivity contribution in [3.8, 4) is 5.88 Å². The average Bonchev–Trinajstić information content (AvgIpc) is 3.31. The van der Waals surface area contributed by atoms with E-state index in [1.54, 1.807) is 35.8 Å². The van der Waals surface area contributed by atoms with Gasteiger partial charge in [-0.1, -0.05) is 65.7 Å². The van der Waals surface area contributed by atoms with Crippen LogP contribution in [0.2, 0.25) is 0 Å². The molecular formula is C33H47N5O6S2. The summed E-state index contributed by atoms with van der Waals surface area (Å²) in [4.78, 5) is 28.0. The SMILES string of the molecule is CCCCn1c(O)c(/C=C/C=C/C=C2\C(=O)N(c3ccc(S(=O)(=O)O)cc3)N=C2C)c(=O)n(CCCC)c1=S.CCN(CC)CC. The summed E-state index contributed by atoms with van der Waals surface area (Å²) in [6, 6.07) is 5.12. The number of aromatic nitrogens is 2. The number of hydrogen-bond acceptors (Lipinski definition) is 8. The monoisotopic (exact) mass is 673 g/mol. The smallest absolute Gasteiger partial charge is 0.294 e. The summed E-state index contributed by atoms with van der Waals surface area (Å²) in [6.45, 7) is 16.8. The third kappa shape index (κ3) is 10.2. The Balaban J connectivity index is 0.000000942. The zero-order valence-electron chi connectivity index (χ0n) is 27.6. The predicted octanol–water partition coefficient (Wildman–Crippen LogP) is 6.20. The van der Waals surface area contributed by atoms with Gasteiger partial charge in [-0.25, -0.2) is 0 Å². The molecule has 0 saturated heterocycles. The standard InChI is InChI=1S/C27H32N4O6S2.C6H15N/c1-4-6-17-29-24(32)23(25(33)30(27(29)38)18-7-5-2)12-10-8-9-11-22-19(3)28-31(26(22)34)20-13-15-21(16-14-20)39(35,36)37;1-4-7(5-2)6-3/h8-16,32H,4-7,17-18H2,1-3H3,(H,35,36,37);4-6H2,1-3H3/b9-8+,12-10+,22-11-;. The molecule has 252 valence electrons. The lowest BCUT2D eigenvalue weighted by Gasteiger charge is -2.16. The third-order valence-electron chi connectivity index (χ3n) is 7.44. The molecule has 1 aliphatic rings. The minimum atomic E-state index is -4.35. The number of carbonyl (C=O) groups excluding carboxylic acids is 1. The van der Waals surface area contributed by atoms with E-state index in [9.17, 15) is 23.1 Å². The maximum Gasteiger partial charge on any atom is 0.294 e. The molecule has 2 N–H and O–H groups in total. The minimum Gasteiger partial charge on any atom is -0.494 e. The number of unbranched alkanes of at least 4 members (excludes halogenated alkanes) is 2. The second kappa shape index (κ2) is 18.5. The van der Waals surface area contributed by atoms with E-state index in [1.807, 2.05) is 13.8 Å². The summed E-state index contributed by atoms with van der Waals surface area (Å²) >= 11 is 5.49. The van der Waals surface area contributed by atoms with Crippen LogP contribution in [0, 0.1) is 4.77 Å². The lowest BCUT2D eigenvalue weighted by atomic mass is 10.1. The van der Waals surface area contributed by atoms with E-state index < -0.39 is 16.0 Å². The molecular weight excluding hydrogens is 627 g/mol.